The van der Waals surface area contributed by atoms with E-state index in [9.17, 15) is 0 Å². The van der Waals surface area contributed by atoms with Crippen LogP contribution in [0.1, 0.15) is 31.4 Å². The first kappa shape index (κ1) is 13.9. The number of aromatic nitrogens is 1. The van der Waals surface area contributed by atoms with Gasteiger partial charge in [-0.15, -0.1) is 0 Å². The van der Waals surface area contributed by atoms with Gasteiger partial charge in [0.25, 0.3) is 0 Å². The van der Waals surface area contributed by atoms with Gasteiger partial charge in [-0.25, -0.2) is 0 Å². The van der Waals surface area contributed by atoms with Crippen LogP contribution in [0.3, 0.4) is 0 Å². The van der Waals surface area contributed by atoms with Gasteiger partial charge in [0.1, 0.15) is 0 Å². The third kappa shape index (κ3) is 2.99. The largest absolute Gasteiger partial charge is 0.310 e. The summed E-state index contributed by atoms with van der Waals surface area (Å²) in [5.41, 5.74) is 2.23. The molecule has 1 aliphatic rings. The van der Waals surface area contributed by atoms with Crippen molar-refractivity contribution in [1.82, 2.24) is 10.3 Å². The van der Waals surface area contributed by atoms with Gasteiger partial charge in [0.15, 0.2) is 0 Å². The minimum absolute atomic E-state index is 0.469. The van der Waals surface area contributed by atoms with E-state index in [0.29, 0.717) is 4.75 Å². The molecule has 0 spiro atoms. The van der Waals surface area contributed by atoms with E-state index in [1.807, 2.05) is 17.8 Å². The van der Waals surface area contributed by atoms with E-state index in [-0.39, 0.29) is 0 Å². The molecule has 0 saturated heterocycles. The normalized spacial score (nSPS) is 17.6. The Morgan fingerprint density at radius 2 is 1.95 bits per heavy atom. The van der Waals surface area contributed by atoms with Crippen molar-refractivity contribution in [2.45, 2.75) is 37.0 Å². The summed E-state index contributed by atoms with van der Waals surface area (Å²) in [6, 6.07) is 12.6. The molecule has 0 amide bonds. The molecule has 1 aromatic heterocycles. The predicted molar refractivity (Wildman–Crippen MR) is 88.2 cm³/mol. The van der Waals surface area contributed by atoms with Crippen LogP contribution in [0.25, 0.3) is 10.9 Å². The Morgan fingerprint density at radius 3 is 2.75 bits per heavy atom. The summed E-state index contributed by atoms with van der Waals surface area (Å²) in [5.74, 6) is 0. The number of rotatable bonds is 5. The van der Waals surface area contributed by atoms with Crippen molar-refractivity contribution in [2.24, 2.45) is 0 Å². The molecule has 0 aliphatic heterocycles. The maximum Gasteiger partial charge on any atom is 0.0705 e. The molecule has 1 heterocycles. The van der Waals surface area contributed by atoms with E-state index in [1.54, 1.807) is 0 Å². The quantitative estimate of drug-likeness (QED) is 0.899. The summed E-state index contributed by atoms with van der Waals surface area (Å²) in [4.78, 5) is 4.72. The van der Waals surface area contributed by atoms with Gasteiger partial charge in [-0.2, -0.15) is 11.8 Å². The molecule has 20 heavy (non-hydrogen) atoms. The minimum Gasteiger partial charge on any atom is -0.310 e. The molecule has 1 N–H and O–H groups in total. The Morgan fingerprint density at radius 1 is 1.15 bits per heavy atom. The fourth-order valence-corrected chi connectivity index (χ4v) is 4.04. The van der Waals surface area contributed by atoms with Crippen LogP contribution in [-0.2, 0) is 6.54 Å². The SMILES string of the molecule is CSC1(CNCc2ccc3ccccc3n2)CCCC1. The van der Waals surface area contributed by atoms with Crippen LogP contribution >= 0.6 is 11.8 Å². The highest BCUT2D eigenvalue weighted by Gasteiger charge is 2.32. The zero-order valence-corrected chi connectivity index (χ0v) is 12.9. The second-order valence-electron chi connectivity index (χ2n) is 5.69. The summed E-state index contributed by atoms with van der Waals surface area (Å²) in [6.07, 6.45) is 7.73. The van der Waals surface area contributed by atoms with Crippen molar-refractivity contribution in [1.29, 1.82) is 0 Å². The van der Waals surface area contributed by atoms with E-state index in [4.69, 9.17) is 4.98 Å². The monoisotopic (exact) mass is 286 g/mol. The highest BCUT2D eigenvalue weighted by Crippen LogP contribution is 2.39. The van der Waals surface area contributed by atoms with Gasteiger partial charge in [-0.1, -0.05) is 37.1 Å². The summed E-state index contributed by atoms with van der Waals surface area (Å²) >= 11 is 2.03. The summed E-state index contributed by atoms with van der Waals surface area (Å²) < 4.78 is 0.469. The van der Waals surface area contributed by atoms with E-state index >= 15 is 0 Å². The Labute approximate surface area is 125 Å². The fourth-order valence-electron chi connectivity index (χ4n) is 3.10. The number of hydrogen-bond donors (Lipinski definition) is 1. The number of thioether (sulfide) groups is 1. The summed E-state index contributed by atoms with van der Waals surface area (Å²) in [6.45, 7) is 1.97. The van der Waals surface area contributed by atoms with Crippen molar-refractivity contribution in [2.75, 3.05) is 12.8 Å². The minimum atomic E-state index is 0.469. The maximum atomic E-state index is 4.72. The zero-order valence-electron chi connectivity index (χ0n) is 12.1. The Balaban J connectivity index is 1.62. The van der Waals surface area contributed by atoms with Crippen LogP contribution < -0.4 is 5.32 Å². The maximum absolute atomic E-state index is 4.72. The Bertz CT molecular complexity index is 576. The number of hydrogen-bond acceptors (Lipinski definition) is 3. The second-order valence-corrected chi connectivity index (χ2v) is 6.97. The van der Waals surface area contributed by atoms with Gasteiger partial charge >= 0.3 is 0 Å². The second kappa shape index (κ2) is 6.15. The number of nitrogens with one attached hydrogen (secondary N) is 1. The van der Waals surface area contributed by atoms with Gasteiger partial charge < -0.3 is 5.32 Å². The van der Waals surface area contributed by atoms with Gasteiger partial charge in [0.2, 0.25) is 0 Å². The van der Waals surface area contributed by atoms with Crippen LogP contribution in [0.15, 0.2) is 36.4 Å². The van der Waals surface area contributed by atoms with Gasteiger partial charge in [-0.3, -0.25) is 4.98 Å². The van der Waals surface area contributed by atoms with E-state index in [2.05, 4.69) is 41.9 Å². The molecule has 2 aromatic rings. The predicted octanol–water partition coefficient (Wildman–Crippen LogP) is 4.00. The molecule has 1 aromatic carbocycles. The zero-order chi connectivity index (χ0) is 13.8. The third-order valence-electron chi connectivity index (χ3n) is 4.36. The molecular weight excluding hydrogens is 264 g/mol. The van der Waals surface area contributed by atoms with Crippen LogP contribution in [0, 0.1) is 0 Å². The van der Waals surface area contributed by atoms with Crippen molar-refractivity contribution in [3.05, 3.63) is 42.1 Å². The highest BCUT2D eigenvalue weighted by atomic mass is 32.2. The molecular formula is C17H22N2S. The van der Waals surface area contributed by atoms with E-state index in [0.717, 1.165) is 24.3 Å². The lowest BCUT2D eigenvalue weighted by atomic mass is 10.1. The van der Waals surface area contributed by atoms with Crippen LogP contribution in [0.2, 0.25) is 0 Å². The molecule has 0 bridgehead atoms. The van der Waals surface area contributed by atoms with E-state index in [1.165, 1.54) is 31.1 Å². The molecule has 3 rings (SSSR count). The highest BCUT2D eigenvalue weighted by molar-refractivity contribution is 8.00. The lowest BCUT2D eigenvalue weighted by Gasteiger charge is -2.27. The molecule has 3 heteroatoms. The molecule has 106 valence electrons. The first-order valence-electron chi connectivity index (χ1n) is 7.42. The summed E-state index contributed by atoms with van der Waals surface area (Å²) in [7, 11) is 0. The van der Waals surface area contributed by atoms with Crippen molar-refractivity contribution < 1.29 is 0 Å². The Kier molecular flexibility index (Phi) is 4.27. The number of fused-ring (bicyclic) bond motifs is 1. The molecule has 0 radical (unpaired) electrons. The number of para-hydroxylation sites is 1. The molecule has 1 saturated carbocycles. The topological polar surface area (TPSA) is 24.9 Å². The fraction of sp³-hybridized carbons (Fsp3) is 0.471. The van der Waals surface area contributed by atoms with Crippen molar-refractivity contribution in [3.8, 4) is 0 Å². The standard InChI is InChI=1S/C17H22N2S/c1-20-17(10-4-5-11-17)13-18-12-15-9-8-14-6-2-3-7-16(14)19-15/h2-3,6-9,18H,4-5,10-13H2,1H3. The molecule has 1 fully saturated rings. The number of pyridine rings is 1. The van der Waals surface area contributed by atoms with Crippen LogP contribution in [0.5, 0.6) is 0 Å². The lowest BCUT2D eigenvalue weighted by Crippen LogP contribution is -2.34. The average Bonchev–Trinajstić information content (AvgIpc) is 2.96. The van der Waals surface area contributed by atoms with Gasteiger partial charge in [-0.05, 0) is 31.2 Å². The molecule has 0 atom stereocenters. The average molecular weight is 286 g/mol. The van der Waals surface area contributed by atoms with Crippen molar-refractivity contribution in [3.63, 3.8) is 0 Å². The smallest absolute Gasteiger partial charge is 0.0705 e. The lowest BCUT2D eigenvalue weighted by molar-refractivity contribution is 0.531. The number of benzene rings is 1. The molecule has 2 nitrogen and oxygen atoms in total. The molecule has 0 unspecified atom stereocenters. The first-order valence-corrected chi connectivity index (χ1v) is 8.64. The van der Waals surface area contributed by atoms with E-state index < -0.39 is 0 Å². The Hall–Kier alpha value is -1.06. The molecule has 1 aliphatic carbocycles. The van der Waals surface area contributed by atoms with Crippen LogP contribution in [0.4, 0.5) is 0 Å². The van der Waals surface area contributed by atoms with Crippen molar-refractivity contribution >= 4 is 22.7 Å². The van der Waals surface area contributed by atoms with Gasteiger partial charge in [0, 0.05) is 23.2 Å². The third-order valence-corrected chi connectivity index (χ3v) is 5.78. The first-order chi connectivity index (χ1) is 9.81. The van der Waals surface area contributed by atoms with Gasteiger partial charge in [0.05, 0.1) is 11.2 Å². The number of nitrogens with zero attached hydrogens (tertiary/aromatic N) is 1. The summed E-state index contributed by atoms with van der Waals surface area (Å²) in [5, 5.41) is 4.83. The van der Waals surface area contributed by atoms with Crippen LogP contribution in [-0.4, -0.2) is 22.5 Å².